The second-order valence-electron chi connectivity index (χ2n) is 7.33. The lowest BCUT2D eigenvalue weighted by Crippen LogP contribution is -2.64. The maximum Gasteiger partial charge on any atom is 0.140 e. The second-order valence-corrected chi connectivity index (χ2v) is 7.33. The van der Waals surface area contributed by atoms with Crippen molar-refractivity contribution in [1.29, 1.82) is 0 Å². The highest BCUT2D eigenvalue weighted by Crippen LogP contribution is 2.83. The fourth-order valence-corrected chi connectivity index (χ4v) is 6.92. The Morgan fingerprint density at radius 3 is 2.89 bits per heavy atom. The molecule has 2 N–H and O–H groups in total. The van der Waals surface area contributed by atoms with E-state index in [0.717, 1.165) is 19.4 Å². The molecule has 3 heteroatoms. The summed E-state index contributed by atoms with van der Waals surface area (Å²) in [7, 11) is 0. The van der Waals surface area contributed by atoms with E-state index in [2.05, 4.69) is 12.2 Å². The standard InChI is InChI=1S/C15H21NO2/c1-2-3-4-16-15(18)12-7-5-6-8-9(7)13(15)11(8)14(17)10(6)12/h6-13,16,18H,2-5H2,1H3/t6-,7+,8-,9+,10+,11-,12-,13-,15-/m1/s1. The van der Waals surface area contributed by atoms with Crippen molar-refractivity contribution in [3.63, 3.8) is 0 Å². The molecule has 5 aliphatic carbocycles. The summed E-state index contributed by atoms with van der Waals surface area (Å²) in [6.07, 6.45) is 3.51. The summed E-state index contributed by atoms with van der Waals surface area (Å²) in [5.74, 6) is 4.19. The zero-order valence-electron chi connectivity index (χ0n) is 10.8. The third-order valence-corrected chi connectivity index (χ3v) is 7.12. The number of nitrogens with one attached hydrogen (secondary N) is 1. The Labute approximate surface area is 107 Å². The predicted octanol–water partition coefficient (Wildman–Crippen LogP) is 1.02. The van der Waals surface area contributed by atoms with Gasteiger partial charge in [0.1, 0.15) is 11.5 Å². The Morgan fingerprint density at radius 2 is 2.11 bits per heavy atom. The molecule has 0 amide bonds. The Bertz CT molecular complexity index is 450. The third-order valence-electron chi connectivity index (χ3n) is 7.12. The molecule has 9 atom stereocenters. The van der Waals surface area contributed by atoms with Crippen LogP contribution in [-0.2, 0) is 4.79 Å². The highest BCUT2D eigenvalue weighted by atomic mass is 16.3. The molecule has 98 valence electrons. The van der Waals surface area contributed by atoms with Crippen LogP contribution in [-0.4, -0.2) is 23.2 Å². The Morgan fingerprint density at radius 1 is 1.28 bits per heavy atom. The van der Waals surface area contributed by atoms with Crippen LogP contribution in [0.3, 0.4) is 0 Å². The highest BCUT2D eigenvalue weighted by Gasteiger charge is 2.87. The summed E-state index contributed by atoms with van der Waals surface area (Å²) in [6, 6.07) is 0. The van der Waals surface area contributed by atoms with Gasteiger partial charge in [0.15, 0.2) is 0 Å². The number of carbonyl (C=O) groups excluding carboxylic acids is 1. The zero-order chi connectivity index (χ0) is 12.2. The van der Waals surface area contributed by atoms with Crippen LogP contribution < -0.4 is 5.32 Å². The monoisotopic (exact) mass is 247 g/mol. The van der Waals surface area contributed by atoms with Crippen molar-refractivity contribution in [2.45, 2.75) is 31.9 Å². The molecule has 0 aliphatic heterocycles. The molecule has 0 unspecified atom stereocenters. The number of ketones is 1. The SMILES string of the molecule is CCCCN[C@@]1(O)[C@@H]2[C@H]3C[C@H]4[C@@H]2C(=O)[C@@H]2[C@H]4[C@H]3[C@H]21. The highest BCUT2D eigenvalue weighted by molar-refractivity contribution is 5.91. The number of hydrogen-bond donors (Lipinski definition) is 2. The molecule has 0 heterocycles. The molecular weight excluding hydrogens is 226 g/mol. The first-order valence-electron chi connectivity index (χ1n) is 7.71. The summed E-state index contributed by atoms with van der Waals surface area (Å²) in [5, 5.41) is 14.6. The molecule has 5 rings (SSSR count). The molecule has 0 aromatic heterocycles. The van der Waals surface area contributed by atoms with Gasteiger partial charge < -0.3 is 5.11 Å². The van der Waals surface area contributed by atoms with Crippen LogP contribution in [0.1, 0.15) is 26.2 Å². The fraction of sp³-hybridized carbons (Fsp3) is 0.933. The molecule has 2 bridgehead atoms. The summed E-state index contributed by atoms with van der Waals surface area (Å²) >= 11 is 0. The van der Waals surface area contributed by atoms with E-state index in [4.69, 9.17) is 0 Å². The van der Waals surface area contributed by atoms with Gasteiger partial charge in [-0.3, -0.25) is 10.1 Å². The summed E-state index contributed by atoms with van der Waals surface area (Å²) in [6.45, 7) is 3.08. The number of carbonyl (C=O) groups is 1. The molecule has 18 heavy (non-hydrogen) atoms. The average molecular weight is 247 g/mol. The molecule has 0 radical (unpaired) electrons. The molecular formula is C15H21NO2. The van der Waals surface area contributed by atoms with Crippen LogP contribution in [0.15, 0.2) is 0 Å². The van der Waals surface area contributed by atoms with E-state index in [9.17, 15) is 9.90 Å². The summed E-state index contributed by atoms with van der Waals surface area (Å²) in [4.78, 5) is 12.4. The van der Waals surface area contributed by atoms with Crippen LogP contribution in [0.25, 0.3) is 0 Å². The number of fused-ring (bicyclic) bond motifs is 2. The van der Waals surface area contributed by atoms with E-state index in [1.165, 1.54) is 6.42 Å². The zero-order valence-corrected chi connectivity index (χ0v) is 10.8. The van der Waals surface area contributed by atoms with Crippen molar-refractivity contribution in [3.8, 4) is 0 Å². The largest absolute Gasteiger partial charge is 0.375 e. The third kappa shape index (κ3) is 0.771. The maximum absolute atomic E-state index is 12.4. The van der Waals surface area contributed by atoms with Gasteiger partial charge >= 0.3 is 0 Å². The van der Waals surface area contributed by atoms with Crippen molar-refractivity contribution in [1.82, 2.24) is 5.32 Å². The van der Waals surface area contributed by atoms with Gasteiger partial charge in [0, 0.05) is 23.7 Å². The normalized spacial score (nSPS) is 65.1. The first-order chi connectivity index (χ1) is 8.70. The predicted molar refractivity (Wildman–Crippen MR) is 65.4 cm³/mol. The topological polar surface area (TPSA) is 49.3 Å². The van der Waals surface area contributed by atoms with Gasteiger partial charge in [-0.2, -0.15) is 0 Å². The van der Waals surface area contributed by atoms with E-state index in [1.807, 2.05) is 0 Å². The smallest absolute Gasteiger partial charge is 0.140 e. The minimum atomic E-state index is -0.685. The second kappa shape index (κ2) is 2.85. The van der Waals surface area contributed by atoms with Crippen LogP contribution in [0, 0.1) is 47.3 Å². The van der Waals surface area contributed by atoms with Gasteiger partial charge in [0.05, 0.1) is 0 Å². The molecule has 0 spiro atoms. The summed E-state index contributed by atoms with van der Waals surface area (Å²) in [5.41, 5.74) is -0.685. The average Bonchev–Trinajstić information content (AvgIpc) is 2.80. The van der Waals surface area contributed by atoms with Gasteiger partial charge in [-0.25, -0.2) is 0 Å². The first-order valence-corrected chi connectivity index (χ1v) is 7.71. The van der Waals surface area contributed by atoms with Gasteiger partial charge in [0.2, 0.25) is 0 Å². The summed E-state index contributed by atoms with van der Waals surface area (Å²) < 4.78 is 0. The molecule has 0 aromatic carbocycles. The van der Waals surface area contributed by atoms with Gasteiger partial charge in [-0.15, -0.1) is 0 Å². The fourth-order valence-electron chi connectivity index (χ4n) is 6.92. The van der Waals surface area contributed by atoms with Crippen molar-refractivity contribution >= 4 is 5.78 Å². The minimum absolute atomic E-state index is 0.221. The van der Waals surface area contributed by atoms with Gasteiger partial charge in [0.25, 0.3) is 0 Å². The Balaban J connectivity index is 1.53. The minimum Gasteiger partial charge on any atom is -0.375 e. The van der Waals surface area contributed by atoms with Gasteiger partial charge in [-0.1, -0.05) is 13.3 Å². The molecule has 0 saturated heterocycles. The number of hydrogen-bond acceptors (Lipinski definition) is 3. The van der Waals surface area contributed by atoms with Crippen LogP contribution in [0.4, 0.5) is 0 Å². The van der Waals surface area contributed by atoms with Crippen LogP contribution >= 0.6 is 0 Å². The molecule has 0 aromatic rings. The van der Waals surface area contributed by atoms with Crippen molar-refractivity contribution in [2.75, 3.05) is 6.54 Å². The van der Waals surface area contributed by atoms with Crippen molar-refractivity contribution in [3.05, 3.63) is 0 Å². The quantitative estimate of drug-likeness (QED) is 0.576. The molecule has 5 saturated carbocycles. The van der Waals surface area contributed by atoms with Crippen LogP contribution in [0.5, 0.6) is 0 Å². The van der Waals surface area contributed by atoms with Crippen LogP contribution in [0.2, 0.25) is 0 Å². The van der Waals surface area contributed by atoms with E-state index >= 15 is 0 Å². The lowest BCUT2D eigenvalue weighted by atomic mass is 9.57. The van der Waals surface area contributed by atoms with E-state index in [0.29, 0.717) is 29.5 Å². The molecule has 5 aliphatic rings. The van der Waals surface area contributed by atoms with Gasteiger partial charge in [-0.05, 0) is 43.1 Å². The lowest BCUT2D eigenvalue weighted by Gasteiger charge is -2.50. The molecule has 5 fully saturated rings. The number of Topliss-reactive ketones (excluding diaryl/α,β-unsaturated/α-hetero) is 1. The first kappa shape index (κ1) is 10.4. The Kier molecular flexibility index (Phi) is 1.65. The number of rotatable bonds is 4. The van der Waals surface area contributed by atoms with E-state index in [1.54, 1.807) is 0 Å². The number of unbranched alkanes of at least 4 members (excludes halogenated alkanes) is 1. The molecule has 3 nitrogen and oxygen atoms in total. The van der Waals surface area contributed by atoms with Crippen molar-refractivity contribution < 1.29 is 9.90 Å². The van der Waals surface area contributed by atoms with Crippen molar-refractivity contribution in [2.24, 2.45) is 47.3 Å². The number of aliphatic hydroxyl groups is 1. The van der Waals surface area contributed by atoms with E-state index < -0.39 is 5.72 Å². The Hall–Kier alpha value is -0.410. The van der Waals surface area contributed by atoms with E-state index in [-0.39, 0.29) is 23.7 Å². The maximum atomic E-state index is 12.4. The lowest BCUT2D eigenvalue weighted by molar-refractivity contribution is -0.168.